The van der Waals surface area contributed by atoms with Crippen LogP contribution in [0.1, 0.15) is 18.7 Å². The summed E-state index contributed by atoms with van der Waals surface area (Å²) in [5, 5.41) is 4.14. The number of ether oxygens (including phenoxy) is 3. The van der Waals surface area contributed by atoms with Gasteiger partial charge < -0.3 is 18.7 Å². The lowest BCUT2D eigenvalue weighted by atomic mass is 10.2. The molecular formula is C23H21FN4O6. The van der Waals surface area contributed by atoms with Gasteiger partial charge in [0, 0.05) is 24.6 Å². The Balaban J connectivity index is 1.31. The van der Waals surface area contributed by atoms with Crippen molar-refractivity contribution in [3.8, 4) is 23.0 Å². The van der Waals surface area contributed by atoms with Crippen LogP contribution in [-0.2, 0) is 22.7 Å². The molecule has 4 aromatic rings. The van der Waals surface area contributed by atoms with Gasteiger partial charge >= 0.3 is 5.97 Å². The molecule has 0 saturated heterocycles. The third-order valence-electron chi connectivity index (χ3n) is 5.03. The molecule has 176 valence electrons. The Morgan fingerprint density at radius 3 is 2.59 bits per heavy atom. The molecular weight excluding hydrogens is 447 g/mol. The number of aryl methyl sites for hydroxylation is 1. The van der Waals surface area contributed by atoms with Crippen LogP contribution in [0.15, 0.2) is 52.0 Å². The third kappa shape index (κ3) is 5.03. The fraction of sp³-hybridized carbons (Fsp3) is 0.261. The van der Waals surface area contributed by atoms with Crippen molar-refractivity contribution < 1.29 is 27.9 Å². The number of benzene rings is 2. The highest BCUT2D eigenvalue weighted by Crippen LogP contribution is 2.29. The highest BCUT2D eigenvalue weighted by molar-refractivity contribution is 5.81. The smallest absolute Gasteiger partial charge is 0.306 e. The number of carbonyl (C=O) groups excluding carboxylic acids is 1. The number of halogens is 1. The predicted molar refractivity (Wildman–Crippen MR) is 118 cm³/mol. The van der Waals surface area contributed by atoms with E-state index in [-0.39, 0.29) is 42.7 Å². The standard InChI is InChI=1S/C23H21FN4O6/c1-31-18-10-16-17(11-19(18)32-2)25-13-28(23(16)30)9-3-4-21(29)33-12-20-26-22(34-27-20)14-5-7-15(24)8-6-14/h5-8,10-11,13H,3-4,9,12H2,1-2H3. The average Bonchev–Trinajstić information content (AvgIpc) is 3.33. The lowest BCUT2D eigenvalue weighted by Crippen LogP contribution is -2.21. The van der Waals surface area contributed by atoms with E-state index in [0.717, 1.165) is 0 Å². The van der Waals surface area contributed by atoms with Gasteiger partial charge in [-0.3, -0.25) is 14.2 Å². The van der Waals surface area contributed by atoms with Gasteiger partial charge in [0.15, 0.2) is 18.1 Å². The van der Waals surface area contributed by atoms with Gasteiger partial charge in [-0.25, -0.2) is 9.37 Å². The second-order valence-corrected chi connectivity index (χ2v) is 7.25. The van der Waals surface area contributed by atoms with Gasteiger partial charge in [-0.05, 0) is 36.8 Å². The van der Waals surface area contributed by atoms with E-state index in [1.165, 1.54) is 49.4 Å². The fourth-order valence-corrected chi connectivity index (χ4v) is 3.28. The van der Waals surface area contributed by atoms with Crippen LogP contribution in [0.2, 0.25) is 0 Å². The third-order valence-corrected chi connectivity index (χ3v) is 5.03. The molecule has 0 unspecified atom stereocenters. The SMILES string of the molecule is COc1cc2ncn(CCCC(=O)OCc3noc(-c4ccc(F)cc4)n3)c(=O)c2cc1OC. The zero-order chi connectivity index (χ0) is 24.1. The van der Waals surface area contributed by atoms with E-state index < -0.39 is 5.97 Å². The molecule has 2 heterocycles. The molecule has 0 aliphatic heterocycles. The van der Waals surface area contributed by atoms with Crippen molar-refractivity contribution in [2.45, 2.75) is 26.0 Å². The van der Waals surface area contributed by atoms with E-state index in [1.54, 1.807) is 12.1 Å². The Morgan fingerprint density at radius 1 is 1.12 bits per heavy atom. The molecule has 34 heavy (non-hydrogen) atoms. The number of fused-ring (bicyclic) bond motifs is 1. The van der Waals surface area contributed by atoms with Gasteiger partial charge in [0.05, 0.1) is 31.4 Å². The second kappa shape index (κ2) is 10.1. The van der Waals surface area contributed by atoms with Crippen molar-refractivity contribution in [2.24, 2.45) is 0 Å². The maximum Gasteiger partial charge on any atom is 0.306 e. The summed E-state index contributed by atoms with van der Waals surface area (Å²) >= 11 is 0. The molecule has 0 N–H and O–H groups in total. The van der Waals surface area contributed by atoms with Crippen LogP contribution >= 0.6 is 0 Å². The van der Waals surface area contributed by atoms with Crippen molar-refractivity contribution in [1.29, 1.82) is 0 Å². The first kappa shape index (κ1) is 22.9. The lowest BCUT2D eigenvalue weighted by Gasteiger charge is -2.10. The van der Waals surface area contributed by atoms with Crippen LogP contribution in [0.4, 0.5) is 4.39 Å². The molecule has 0 saturated carbocycles. The number of rotatable bonds is 9. The summed E-state index contributed by atoms with van der Waals surface area (Å²) in [5.41, 5.74) is 0.787. The molecule has 0 aliphatic carbocycles. The number of hydrogen-bond acceptors (Lipinski definition) is 9. The Bertz CT molecular complexity index is 1370. The van der Waals surface area contributed by atoms with Crippen LogP contribution < -0.4 is 15.0 Å². The van der Waals surface area contributed by atoms with Gasteiger partial charge in [0.1, 0.15) is 5.82 Å². The van der Waals surface area contributed by atoms with E-state index >= 15 is 0 Å². The molecule has 11 heteroatoms. The van der Waals surface area contributed by atoms with Gasteiger partial charge in [0.25, 0.3) is 11.4 Å². The van der Waals surface area contributed by atoms with E-state index in [1.807, 2.05) is 0 Å². The first-order valence-corrected chi connectivity index (χ1v) is 10.3. The lowest BCUT2D eigenvalue weighted by molar-refractivity contribution is -0.145. The number of aromatic nitrogens is 4. The predicted octanol–water partition coefficient (Wildman–Crippen LogP) is 3.13. The molecule has 0 amide bonds. The maximum absolute atomic E-state index is 13.0. The Labute approximate surface area is 192 Å². The molecule has 0 radical (unpaired) electrons. The average molecular weight is 468 g/mol. The van der Waals surface area contributed by atoms with Crippen molar-refractivity contribution in [3.05, 3.63) is 64.7 Å². The molecule has 0 fully saturated rings. The highest BCUT2D eigenvalue weighted by atomic mass is 19.1. The van der Waals surface area contributed by atoms with Gasteiger partial charge in [-0.1, -0.05) is 5.16 Å². The summed E-state index contributed by atoms with van der Waals surface area (Å²) in [4.78, 5) is 33.3. The molecule has 0 bridgehead atoms. The summed E-state index contributed by atoms with van der Waals surface area (Å²) in [6.45, 7) is 0.116. The van der Waals surface area contributed by atoms with E-state index in [0.29, 0.717) is 34.4 Å². The largest absolute Gasteiger partial charge is 0.493 e. The minimum absolute atomic E-state index is 0.0824. The van der Waals surface area contributed by atoms with Gasteiger partial charge in [0.2, 0.25) is 5.82 Å². The topological polar surface area (TPSA) is 119 Å². The first-order valence-electron chi connectivity index (χ1n) is 10.3. The molecule has 10 nitrogen and oxygen atoms in total. The molecule has 0 aliphatic rings. The van der Waals surface area contributed by atoms with Crippen molar-refractivity contribution in [1.82, 2.24) is 19.7 Å². The van der Waals surface area contributed by atoms with Crippen LogP contribution in [-0.4, -0.2) is 39.9 Å². The number of methoxy groups -OCH3 is 2. The van der Waals surface area contributed by atoms with Crippen LogP contribution in [0.25, 0.3) is 22.4 Å². The summed E-state index contributed by atoms with van der Waals surface area (Å²) in [6, 6.07) is 8.80. The Hall–Kier alpha value is -4.28. The normalized spacial score (nSPS) is 10.9. The summed E-state index contributed by atoms with van der Waals surface area (Å²) in [7, 11) is 3.00. The van der Waals surface area contributed by atoms with Crippen molar-refractivity contribution in [3.63, 3.8) is 0 Å². The highest BCUT2D eigenvalue weighted by Gasteiger charge is 2.13. The minimum atomic E-state index is -0.471. The van der Waals surface area contributed by atoms with Crippen LogP contribution in [0.5, 0.6) is 11.5 Å². The first-order chi connectivity index (χ1) is 16.5. The van der Waals surface area contributed by atoms with Gasteiger partial charge in [-0.15, -0.1) is 0 Å². The molecule has 4 rings (SSSR count). The quantitative estimate of drug-likeness (QED) is 0.341. The Morgan fingerprint density at radius 2 is 1.85 bits per heavy atom. The molecule has 2 aromatic carbocycles. The maximum atomic E-state index is 13.0. The number of carbonyl (C=O) groups is 1. The summed E-state index contributed by atoms with van der Waals surface area (Å²) in [6.07, 6.45) is 1.88. The van der Waals surface area contributed by atoms with Crippen LogP contribution in [0.3, 0.4) is 0 Å². The zero-order valence-electron chi connectivity index (χ0n) is 18.5. The number of hydrogen-bond donors (Lipinski definition) is 0. The van der Waals surface area contributed by atoms with E-state index in [2.05, 4.69) is 15.1 Å². The monoisotopic (exact) mass is 468 g/mol. The number of nitrogens with zero attached hydrogens (tertiary/aromatic N) is 4. The zero-order valence-corrected chi connectivity index (χ0v) is 18.5. The van der Waals surface area contributed by atoms with E-state index in [9.17, 15) is 14.0 Å². The van der Waals surface area contributed by atoms with Gasteiger partial charge in [-0.2, -0.15) is 4.98 Å². The number of esters is 1. The fourth-order valence-electron chi connectivity index (χ4n) is 3.28. The minimum Gasteiger partial charge on any atom is -0.493 e. The molecule has 0 spiro atoms. The summed E-state index contributed by atoms with van der Waals surface area (Å²) < 4.78 is 35.2. The molecule has 0 atom stereocenters. The van der Waals surface area contributed by atoms with E-state index in [4.69, 9.17) is 18.7 Å². The van der Waals surface area contributed by atoms with Crippen molar-refractivity contribution >= 4 is 16.9 Å². The second-order valence-electron chi connectivity index (χ2n) is 7.25. The van der Waals surface area contributed by atoms with Crippen LogP contribution in [0, 0.1) is 5.82 Å². The van der Waals surface area contributed by atoms with Crippen molar-refractivity contribution in [2.75, 3.05) is 14.2 Å². The Kier molecular flexibility index (Phi) is 6.81. The summed E-state index contributed by atoms with van der Waals surface area (Å²) in [5.74, 6) is 0.448. The molecule has 2 aromatic heterocycles.